The van der Waals surface area contributed by atoms with Crippen LogP contribution in [-0.4, -0.2) is 47.0 Å². The average molecular weight is 580 g/mol. The van der Waals surface area contributed by atoms with E-state index in [9.17, 15) is 30.4 Å². The van der Waals surface area contributed by atoms with Crippen LogP contribution >= 0.6 is 0 Å². The molecular formula is C29H30F5N3O2S. The third-order valence-electron chi connectivity index (χ3n) is 8.15. The van der Waals surface area contributed by atoms with E-state index in [0.717, 1.165) is 32.4 Å². The number of benzene rings is 2. The van der Waals surface area contributed by atoms with Gasteiger partial charge >= 0.3 is 6.18 Å². The van der Waals surface area contributed by atoms with Gasteiger partial charge in [0, 0.05) is 30.5 Å². The van der Waals surface area contributed by atoms with E-state index in [2.05, 4.69) is 5.10 Å². The fraction of sp³-hybridized carbons (Fsp3) is 0.414. The van der Waals surface area contributed by atoms with Gasteiger partial charge in [0.2, 0.25) is 10.0 Å². The summed E-state index contributed by atoms with van der Waals surface area (Å²) in [6, 6.07) is 11.1. The fourth-order valence-electron chi connectivity index (χ4n) is 6.33. The van der Waals surface area contributed by atoms with E-state index >= 15 is 0 Å². The molecule has 0 N–H and O–H groups in total. The number of hydrogen-bond acceptors (Lipinski definition) is 3. The molecule has 2 aromatic carbocycles. The smallest absolute Gasteiger partial charge is 0.237 e. The summed E-state index contributed by atoms with van der Waals surface area (Å²) < 4.78 is 96.7. The Morgan fingerprint density at radius 2 is 1.80 bits per heavy atom. The van der Waals surface area contributed by atoms with Gasteiger partial charge in [-0.1, -0.05) is 36.3 Å². The molecule has 40 heavy (non-hydrogen) atoms. The van der Waals surface area contributed by atoms with Crippen molar-refractivity contribution in [3.8, 4) is 5.69 Å². The molecule has 0 saturated heterocycles. The normalized spacial score (nSPS) is 20.1. The van der Waals surface area contributed by atoms with Gasteiger partial charge in [-0.15, -0.1) is 0 Å². The predicted molar refractivity (Wildman–Crippen MR) is 142 cm³/mol. The average Bonchev–Trinajstić information content (AvgIpc) is 3.49. The first kappa shape index (κ1) is 28.5. The van der Waals surface area contributed by atoms with Crippen molar-refractivity contribution in [2.45, 2.75) is 57.7 Å². The summed E-state index contributed by atoms with van der Waals surface area (Å²) in [6.07, 6.45) is -1.34. The Morgan fingerprint density at radius 1 is 1.10 bits per heavy atom. The lowest BCUT2D eigenvalue weighted by atomic mass is 9.78. The van der Waals surface area contributed by atoms with Gasteiger partial charge in [-0.3, -0.25) is 0 Å². The molecule has 0 amide bonds. The molecule has 5 rings (SSSR count). The molecule has 3 aromatic rings. The first-order valence-electron chi connectivity index (χ1n) is 13.2. The Morgan fingerprint density at radius 3 is 2.48 bits per heavy atom. The van der Waals surface area contributed by atoms with Gasteiger partial charge in [0.15, 0.2) is 5.75 Å². The molecule has 5 nitrogen and oxygen atoms in total. The molecule has 0 radical (unpaired) electrons. The van der Waals surface area contributed by atoms with E-state index in [0.29, 0.717) is 19.3 Å². The number of sulfonamides is 1. The summed E-state index contributed by atoms with van der Waals surface area (Å²) in [7, 11) is -4.73. The van der Waals surface area contributed by atoms with Crippen LogP contribution in [0.5, 0.6) is 0 Å². The van der Waals surface area contributed by atoms with Crippen molar-refractivity contribution < 1.29 is 30.4 Å². The number of allylic oxidation sites excluding steroid dienone is 1. The van der Waals surface area contributed by atoms with E-state index in [1.165, 1.54) is 30.3 Å². The van der Waals surface area contributed by atoms with Gasteiger partial charge in [0.05, 0.1) is 17.6 Å². The lowest BCUT2D eigenvalue weighted by Gasteiger charge is -2.36. The predicted octanol–water partition coefficient (Wildman–Crippen LogP) is 6.34. The third-order valence-corrected chi connectivity index (χ3v) is 10.1. The van der Waals surface area contributed by atoms with Crippen molar-refractivity contribution in [1.82, 2.24) is 14.1 Å². The van der Waals surface area contributed by atoms with Crippen LogP contribution in [0.1, 0.15) is 49.4 Å². The minimum atomic E-state index is -4.91. The summed E-state index contributed by atoms with van der Waals surface area (Å²) in [5.74, 6) is -3.26. The minimum Gasteiger partial charge on any atom is -0.237 e. The highest BCUT2D eigenvalue weighted by Crippen LogP contribution is 2.49. The molecule has 0 spiro atoms. The summed E-state index contributed by atoms with van der Waals surface area (Å²) in [5.41, 5.74) is 5.06. The van der Waals surface area contributed by atoms with Gasteiger partial charge in [-0.25, -0.2) is 21.9 Å². The Labute approximate surface area is 230 Å². The monoisotopic (exact) mass is 579 g/mol. The van der Waals surface area contributed by atoms with E-state index in [-0.39, 0.29) is 36.2 Å². The van der Waals surface area contributed by atoms with Gasteiger partial charge in [0.1, 0.15) is 11.6 Å². The SMILES string of the molecule is CC([C@@H]1CCC2=C1[C@@H](C)c1cnn(-c3ccc(F)cc3)c1C2)N(CCc1ccccc1F)S(=O)(=O)CC(F)(F)F. The van der Waals surface area contributed by atoms with Gasteiger partial charge in [-0.05, 0) is 68.0 Å². The summed E-state index contributed by atoms with van der Waals surface area (Å²) >= 11 is 0. The van der Waals surface area contributed by atoms with Crippen LogP contribution < -0.4 is 0 Å². The summed E-state index contributed by atoms with van der Waals surface area (Å²) in [4.78, 5) is 0. The highest BCUT2D eigenvalue weighted by atomic mass is 32.2. The summed E-state index contributed by atoms with van der Waals surface area (Å²) in [5, 5.41) is 4.53. The van der Waals surface area contributed by atoms with Gasteiger partial charge in [0.25, 0.3) is 0 Å². The topological polar surface area (TPSA) is 55.2 Å². The van der Waals surface area contributed by atoms with Gasteiger partial charge < -0.3 is 0 Å². The molecule has 0 saturated carbocycles. The van der Waals surface area contributed by atoms with Crippen molar-refractivity contribution in [1.29, 1.82) is 0 Å². The van der Waals surface area contributed by atoms with Crippen LogP contribution in [-0.2, 0) is 22.9 Å². The zero-order chi connectivity index (χ0) is 28.8. The second-order valence-electron chi connectivity index (χ2n) is 10.6. The first-order valence-corrected chi connectivity index (χ1v) is 14.8. The van der Waals surface area contributed by atoms with E-state index in [4.69, 9.17) is 0 Å². The Kier molecular flexibility index (Phi) is 7.64. The highest BCUT2D eigenvalue weighted by Gasteiger charge is 2.45. The van der Waals surface area contributed by atoms with Crippen LogP contribution in [0, 0.1) is 17.6 Å². The number of halogens is 5. The first-order chi connectivity index (χ1) is 18.9. The molecule has 1 heterocycles. The van der Waals surface area contributed by atoms with E-state index in [1.54, 1.807) is 36.0 Å². The van der Waals surface area contributed by atoms with Crippen LogP contribution in [0.3, 0.4) is 0 Å². The van der Waals surface area contributed by atoms with Crippen molar-refractivity contribution in [3.63, 3.8) is 0 Å². The Balaban J connectivity index is 1.45. The molecule has 0 aliphatic heterocycles. The van der Waals surface area contributed by atoms with Crippen molar-refractivity contribution in [3.05, 3.63) is 94.3 Å². The second-order valence-corrected chi connectivity index (χ2v) is 12.5. The number of rotatable bonds is 8. The second kappa shape index (κ2) is 10.7. The standard InChI is InChI=1S/C29H30F5N3O2S/c1-18-25-16-35-37(23-10-8-22(30)9-11-23)27(25)15-21-7-12-24(28(18)21)19(2)36(40(38,39)17-29(32,33)34)14-13-20-5-3-4-6-26(20)31/h3-6,8-11,16,18-19,24H,7,12-15,17H2,1-2H3/t18-,19?,24-/m0/s1. The zero-order valence-corrected chi connectivity index (χ0v) is 22.9. The molecule has 11 heteroatoms. The van der Waals surface area contributed by atoms with Crippen molar-refractivity contribution in [2.75, 3.05) is 12.3 Å². The Hall–Kier alpha value is -3.05. The van der Waals surface area contributed by atoms with Crippen LogP contribution in [0.25, 0.3) is 5.69 Å². The highest BCUT2D eigenvalue weighted by molar-refractivity contribution is 7.89. The Bertz CT molecular complexity index is 1530. The molecule has 1 unspecified atom stereocenters. The molecule has 1 aromatic heterocycles. The minimum absolute atomic E-state index is 0.0448. The van der Waals surface area contributed by atoms with Gasteiger partial charge in [-0.2, -0.15) is 22.6 Å². The molecule has 2 aliphatic rings. The maximum atomic E-state index is 14.3. The van der Waals surface area contributed by atoms with Crippen LogP contribution in [0.15, 0.2) is 65.9 Å². The zero-order valence-electron chi connectivity index (χ0n) is 22.1. The van der Waals surface area contributed by atoms with Crippen LogP contribution in [0.2, 0.25) is 0 Å². The van der Waals surface area contributed by atoms with E-state index < -0.39 is 33.8 Å². The molecule has 0 bridgehead atoms. The van der Waals surface area contributed by atoms with Crippen molar-refractivity contribution in [2.24, 2.45) is 5.92 Å². The molecule has 214 valence electrons. The number of alkyl halides is 3. The molecule has 3 atom stereocenters. The fourth-order valence-corrected chi connectivity index (χ4v) is 7.93. The largest absolute Gasteiger partial charge is 0.404 e. The van der Waals surface area contributed by atoms with E-state index in [1.807, 2.05) is 6.92 Å². The maximum Gasteiger partial charge on any atom is 0.404 e. The number of aromatic nitrogens is 2. The lowest BCUT2D eigenvalue weighted by Crippen LogP contribution is -2.47. The van der Waals surface area contributed by atoms with Crippen LogP contribution in [0.4, 0.5) is 22.0 Å². The molecule has 2 aliphatic carbocycles. The number of nitrogens with zero attached hydrogens (tertiary/aromatic N) is 3. The molecular weight excluding hydrogens is 549 g/mol. The number of fused-ring (bicyclic) bond motifs is 1. The number of hydrogen-bond donors (Lipinski definition) is 0. The molecule has 0 fully saturated rings. The lowest BCUT2D eigenvalue weighted by molar-refractivity contribution is -0.107. The summed E-state index contributed by atoms with van der Waals surface area (Å²) in [6.45, 7) is 3.39. The maximum absolute atomic E-state index is 14.3. The van der Waals surface area contributed by atoms with Crippen molar-refractivity contribution >= 4 is 10.0 Å². The third kappa shape index (κ3) is 5.58. The quantitative estimate of drug-likeness (QED) is 0.231.